The minimum Gasteiger partial charge on any atom is -0.455 e. The van der Waals surface area contributed by atoms with Gasteiger partial charge < -0.3 is 10.5 Å². The number of benzene rings is 2. The van der Waals surface area contributed by atoms with E-state index in [0.29, 0.717) is 16.7 Å². The molecule has 0 saturated heterocycles. The quantitative estimate of drug-likeness (QED) is 0.799. The zero-order valence-electron chi connectivity index (χ0n) is 13.0. The van der Waals surface area contributed by atoms with Gasteiger partial charge in [0.15, 0.2) is 0 Å². The summed E-state index contributed by atoms with van der Waals surface area (Å²) in [7, 11) is 0. The van der Waals surface area contributed by atoms with Crippen LogP contribution in [0.4, 0.5) is 0 Å². The Kier molecular flexibility index (Phi) is 4.92. The predicted octanol–water partition coefficient (Wildman–Crippen LogP) is 5.58. The summed E-state index contributed by atoms with van der Waals surface area (Å²) >= 11 is 6.31. The average molecular weight is 304 g/mol. The maximum absolute atomic E-state index is 6.31. The molecule has 112 valence electrons. The highest BCUT2D eigenvalue weighted by Crippen LogP contribution is 2.35. The third-order valence-corrected chi connectivity index (χ3v) is 3.79. The van der Waals surface area contributed by atoms with Crippen molar-refractivity contribution >= 4 is 11.6 Å². The second-order valence-corrected chi connectivity index (χ2v) is 6.18. The molecular formula is C18H22ClNO. The summed E-state index contributed by atoms with van der Waals surface area (Å²) in [6, 6.07) is 11.9. The minimum atomic E-state index is -0.0401. The lowest BCUT2D eigenvalue weighted by molar-refractivity contribution is 0.472. The van der Waals surface area contributed by atoms with E-state index in [0.717, 1.165) is 16.9 Å². The van der Waals surface area contributed by atoms with E-state index in [9.17, 15) is 0 Å². The molecule has 2 N–H and O–H groups in total. The first-order valence-electron chi connectivity index (χ1n) is 7.22. The lowest BCUT2D eigenvalue weighted by Crippen LogP contribution is -2.04. The molecule has 0 fully saturated rings. The van der Waals surface area contributed by atoms with Crippen molar-refractivity contribution in [3.05, 3.63) is 58.1 Å². The number of hydrogen-bond donors (Lipinski definition) is 1. The van der Waals surface area contributed by atoms with Crippen molar-refractivity contribution in [2.45, 2.75) is 39.7 Å². The molecule has 2 aromatic carbocycles. The summed E-state index contributed by atoms with van der Waals surface area (Å²) in [5.74, 6) is 1.91. The molecule has 0 saturated carbocycles. The van der Waals surface area contributed by atoms with Crippen LogP contribution in [0, 0.1) is 6.92 Å². The van der Waals surface area contributed by atoms with Gasteiger partial charge >= 0.3 is 0 Å². The Morgan fingerprint density at radius 2 is 1.71 bits per heavy atom. The molecule has 1 atom stereocenters. The van der Waals surface area contributed by atoms with Crippen molar-refractivity contribution in [3.63, 3.8) is 0 Å². The van der Waals surface area contributed by atoms with Crippen LogP contribution in [0.1, 0.15) is 49.4 Å². The molecule has 0 aliphatic heterocycles. The third-order valence-electron chi connectivity index (χ3n) is 3.49. The maximum atomic E-state index is 6.31. The van der Waals surface area contributed by atoms with Gasteiger partial charge in [-0.05, 0) is 54.7 Å². The van der Waals surface area contributed by atoms with Crippen LogP contribution in [0.3, 0.4) is 0 Å². The third kappa shape index (κ3) is 3.78. The summed E-state index contributed by atoms with van der Waals surface area (Å²) in [4.78, 5) is 0. The molecule has 2 nitrogen and oxygen atoms in total. The van der Waals surface area contributed by atoms with Crippen LogP contribution in [0.5, 0.6) is 11.5 Å². The highest BCUT2D eigenvalue weighted by Gasteiger charge is 2.12. The number of halogens is 1. The summed E-state index contributed by atoms with van der Waals surface area (Å²) in [5, 5.41) is 0.584. The van der Waals surface area contributed by atoms with Crippen molar-refractivity contribution in [1.29, 1.82) is 0 Å². The fraction of sp³-hybridized carbons (Fsp3) is 0.333. The Bertz CT molecular complexity index is 635. The molecule has 0 heterocycles. The first kappa shape index (κ1) is 15.9. The molecule has 2 aromatic rings. The van der Waals surface area contributed by atoms with E-state index >= 15 is 0 Å². The van der Waals surface area contributed by atoms with E-state index in [1.807, 2.05) is 31.2 Å². The van der Waals surface area contributed by atoms with Crippen LogP contribution in [-0.2, 0) is 0 Å². The van der Waals surface area contributed by atoms with Crippen molar-refractivity contribution < 1.29 is 4.74 Å². The first-order valence-corrected chi connectivity index (χ1v) is 7.59. The van der Waals surface area contributed by atoms with Crippen molar-refractivity contribution in [2.75, 3.05) is 0 Å². The number of hydrogen-bond acceptors (Lipinski definition) is 2. The van der Waals surface area contributed by atoms with Gasteiger partial charge in [0, 0.05) is 6.04 Å². The molecule has 0 aromatic heterocycles. The fourth-order valence-electron chi connectivity index (χ4n) is 2.21. The smallest absolute Gasteiger partial charge is 0.146 e. The largest absolute Gasteiger partial charge is 0.455 e. The van der Waals surface area contributed by atoms with Crippen LogP contribution < -0.4 is 10.5 Å². The molecule has 0 spiro atoms. The molecule has 3 heteroatoms. The Hall–Kier alpha value is -1.51. The van der Waals surface area contributed by atoms with Gasteiger partial charge in [-0.2, -0.15) is 0 Å². The predicted molar refractivity (Wildman–Crippen MR) is 89.4 cm³/mol. The lowest BCUT2D eigenvalue weighted by Gasteiger charge is -2.16. The van der Waals surface area contributed by atoms with Crippen LogP contribution in [-0.4, -0.2) is 0 Å². The van der Waals surface area contributed by atoms with Gasteiger partial charge in [-0.25, -0.2) is 0 Å². The minimum absolute atomic E-state index is 0.0401. The van der Waals surface area contributed by atoms with Gasteiger partial charge in [0.2, 0.25) is 0 Å². The van der Waals surface area contributed by atoms with Crippen LogP contribution in [0.2, 0.25) is 5.02 Å². The molecule has 0 unspecified atom stereocenters. The van der Waals surface area contributed by atoms with Gasteiger partial charge in [0.05, 0.1) is 5.02 Å². The second kappa shape index (κ2) is 6.50. The molecule has 0 radical (unpaired) electrons. The Morgan fingerprint density at radius 1 is 1.00 bits per heavy atom. The van der Waals surface area contributed by atoms with Crippen LogP contribution >= 0.6 is 11.6 Å². The Balaban J connectivity index is 2.36. The summed E-state index contributed by atoms with van der Waals surface area (Å²) < 4.78 is 6.04. The molecule has 21 heavy (non-hydrogen) atoms. The van der Waals surface area contributed by atoms with E-state index < -0.39 is 0 Å². The second-order valence-electron chi connectivity index (χ2n) is 5.78. The van der Waals surface area contributed by atoms with E-state index in [2.05, 4.69) is 32.9 Å². The normalized spacial score (nSPS) is 12.5. The summed E-state index contributed by atoms with van der Waals surface area (Å²) in [5.41, 5.74) is 9.21. The highest BCUT2D eigenvalue weighted by atomic mass is 35.5. The lowest BCUT2D eigenvalue weighted by atomic mass is 10.0. The van der Waals surface area contributed by atoms with Gasteiger partial charge in [-0.3, -0.25) is 0 Å². The zero-order chi connectivity index (χ0) is 15.6. The summed E-state index contributed by atoms with van der Waals surface area (Å²) in [6.07, 6.45) is 0. The molecular weight excluding hydrogens is 282 g/mol. The van der Waals surface area contributed by atoms with Gasteiger partial charge in [-0.1, -0.05) is 43.6 Å². The highest BCUT2D eigenvalue weighted by molar-refractivity contribution is 6.32. The number of ether oxygens (including phenoxy) is 1. The van der Waals surface area contributed by atoms with E-state index in [1.165, 1.54) is 5.56 Å². The molecule has 0 amide bonds. The van der Waals surface area contributed by atoms with Gasteiger partial charge in [0.1, 0.15) is 11.5 Å². The van der Waals surface area contributed by atoms with E-state index in [-0.39, 0.29) is 6.04 Å². The van der Waals surface area contributed by atoms with Crippen molar-refractivity contribution in [3.8, 4) is 11.5 Å². The van der Waals surface area contributed by atoms with Gasteiger partial charge in [-0.15, -0.1) is 0 Å². The fourth-order valence-corrected chi connectivity index (χ4v) is 2.44. The molecule has 0 bridgehead atoms. The first-order chi connectivity index (χ1) is 9.88. The molecule has 2 rings (SSSR count). The van der Waals surface area contributed by atoms with E-state index in [1.54, 1.807) is 0 Å². The topological polar surface area (TPSA) is 35.2 Å². The number of rotatable bonds is 4. The molecule has 0 aliphatic carbocycles. The number of aryl methyl sites for hydroxylation is 1. The maximum Gasteiger partial charge on any atom is 0.146 e. The van der Waals surface area contributed by atoms with Crippen LogP contribution in [0.15, 0.2) is 36.4 Å². The van der Waals surface area contributed by atoms with Gasteiger partial charge in [0.25, 0.3) is 0 Å². The van der Waals surface area contributed by atoms with Crippen molar-refractivity contribution in [2.24, 2.45) is 5.73 Å². The monoisotopic (exact) mass is 303 g/mol. The van der Waals surface area contributed by atoms with Crippen molar-refractivity contribution in [1.82, 2.24) is 0 Å². The van der Waals surface area contributed by atoms with Crippen LogP contribution in [0.25, 0.3) is 0 Å². The standard InChI is InChI=1S/C18H22ClNO/c1-11(2)15-7-5-12(3)9-18(15)21-17-8-6-14(13(4)20)10-16(17)19/h5-11,13H,20H2,1-4H3/t13-/m0/s1. The Labute approximate surface area is 131 Å². The SMILES string of the molecule is Cc1ccc(C(C)C)c(Oc2ccc([C@H](C)N)cc2Cl)c1. The summed E-state index contributed by atoms with van der Waals surface area (Å²) in [6.45, 7) is 8.29. The Morgan fingerprint density at radius 3 is 2.29 bits per heavy atom. The van der Waals surface area contributed by atoms with E-state index in [4.69, 9.17) is 22.1 Å². The molecule has 0 aliphatic rings. The number of nitrogens with two attached hydrogens (primary N) is 1. The zero-order valence-corrected chi connectivity index (χ0v) is 13.7. The average Bonchev–Trinajstić information content (AvgIpc) is 2.40.